The van der Waals surface area contributed by atoms with Gasteiger partial charge in [-0.05, 0) is 54.4 Å². The first-order valence-corrected chi connectivity index (χ1v) is 14.2. The molecule has 2 atom stereocenters. The number of rotatable bonds is 12. The Hall–Kier alpha value is -4.80. The number of allylic oxidation sites excluding steroid dienone is 1. The van der Waals surface area contributed by atoms with Gasteiger partial charge in [0.05, 0.1) is 25.0 Å². The third-order valence-corrected chi connectivity index (χ3v) is 7.63. The maximum Gasteiger partial charge on any atom is 0.264 e. The zero-order valence-corrected chi connectivity index (χ0v) is 24.2. The zero-order chi connectivity index (χ0) is 30.4. The van der Waals surface area contributed by atoms with Gasteiger partial charge in [0.25, 0.3) is 11.8 Å². The van der Waals surface area contributed by atoms with Crippen LogP contribution >= 0.6 is 0 Å². The minimum absolute atomic E-state index is 0.0181. The van der Waals surface area contributed by atoms with Crippen molar-refractivity contribution >= 4 is 23.2 Å². The van der Waals surface area contributed by atoms with Gasteiger partial charge < -0.3 is 25.2 Å². The Bertz CT molecular complexity index is 1600. The summed E-state index contributed by atoms with van der Waals surface area (Å²) >= 11 is 0. The lowest BCUT2D eigenvalue weighted by Gasteiger charge is -2.28. The van der Waals surface area contributed by atoms with Crippen LogP contribution in [0.5, 0.6) is 5.75 Å². The van der Waals surface area contributed by atoms with Crippen LogP contribution in [0.3, 0.4) is 0 Å². The Morgan fingerprint density at radius 3 is 2.60 bits per heavy atom. The van der Waals surface area contributed by atoms with Gasteiger partial charge in [0.1, 0.15) is 5.75 Å². The summed E-state index contributed by atoms with van der Waals surface area (Å²) in [6.07, 6.45) is 6.65. The van der Waals surface area contributed by atoms with E-state index in [1.807, 2.05) is 49.4 Å². The van der Waals surface area contributed by atoms with E-state index in [-0.39, 0.29) is 19.1 Å². The van der Waals surface area contributed by atoms with E-state index in [2.05, 4.69) is 15.6 Å². The summed E-state index contributed by atoms with van der Waals surface area (Å²) < 4.78 is 7.12. The normalized spacial score (nSPS) is 16.8. The minimum atomic E-state index is -1.79. The highest BCUT2D eigenvalue weighted by Gasteiger charge is 2.52. The molecule has 0 fully saturated rings. The Morgan fingerprint density at radius 1 is 1.12 bits per heavy atom. The molecule has 0 saturated carbocycles. The van der Waals surface area contributed by atoms with E-state index in [1.165, 1.54) is 0 Å². The molecule has 0 bridgehead atoms. The molecular weight excluding hydrogens is 546 g/mol. The monoisotopic (exact) mass is 581 g/mol. The van der Waals surface area contributed by atoms with Gasteiger partial charge in [-0.1, -0.05) is 54.6 Å². The molecule has 0 unspecified atom stereocenters. The third-order valence-electron chi connectivity index (χ3n) is 7.63. The molecule has 222 valence electrons. The summed E-state index contributed by atoms with van der Waals surface area (Å²) in [6, 6.07) is 21.6. The summed E-state index contributed by atoms with van der Waals surface area (Å²) in [5, 5.41) is 32.0. The van der Waals surface area contributed by atoms with Crippen molar-refractivity contribution in [2.75, 3.05) is 23.9 Å². The number of ether oxygens (including phenoxy) is 1. The number of aliphatic hydroxyl groups is 2. The lowest BCUT2D eigenvalue weighted by Crippen LogP contribution is -2.44. The van der Waals surface area contributed by atoms with Crippen molar-refractivity contribution in [3.63, 3.8) is 0 Å². The molecule has 0 aliphatic carbocycles. The van der Waals surface area contributed by atoms with E-state index >= 15 is 0 Å². The van der Waals surface area contributed by atoms with Gasteiger partial charge in [-0.2, -0.15) is 0 Å². The Labute approximate surface area is 250 Å². The molecule has 43 heavy (non-hydrogen) atoms. The average molecular weight is 582 g/mol. The van der Waals surface area contributed by atoms with Gasteiger partial charge in [-0.25, -0.2) is 0 Å². The Morgan fingerprint density at radius 2 is 1.88 bits per heavy atom. The van der Waals surface area contributed by atoms with Crippen LogP contribution in [0.4, 0.5) is 11.4 Å². The van der Waals surface area contributed by atoms with Crippen LogP contribution in [0, 0.1) is 5.92 Å². The van der Waals surface area contributed by atoms with Crippen molar-refractivity contribution in [3.05, 3.63) is 114 Å². The first kappa shape index (κ1) is 29.7. The molecule has 4 aromatic rings. The van der Waals surface area contributed by atoms with Crippen LogP contribution < -0.4 is 15.0 Å². The molecule has 0 spiro atoms. The molecule has 1 aliphatic heterocycles. The number of hydrogen-bond donors (Lipinski definition) is 3. The summed E-state index contributed by atoms with van der Waals surface area (Å²) in [6.45, 7) is 2.66. The van der Waals surface area contributed by atoms with Crippen molar-refractivity contribution in [2.45, 2.75) is 38.5 Å². The van der Waals surface area contributed by atoms with Crippen LogP contribution in [0.15, 0.2) is 91.1 Å². The number of amides is 2. The molecule has 0 saturated heterocycles. The number of fused-ring (bicyclic) bond motifs is 1. The lowest BCUT2D eigenvalue weighted by molar-refractivity contribution is -0.139. The van der Waals surface area contributed by atoms with Crippen molar-refractivity contribution in [1.82, 2.24) is 15.0 Å². The zero-order valence-electron chi connectivity index (χ0n) is 24.2. The predicted molar refractivity (Wildman–Crippen MR) is 163 cm³/mol. The summed E-state index contributed by atoms with van der Waals surface area (Å²) in [5.74, 6) is -0.608. The molecule has 0 radical (unpaired) electrons. The molecule has 1 aliphatic rings. The highest BCUT2D eigenvalue weighted by Crippen LogP contribution is 2.47. The van der Waals surface area contributed by atoms with Gasteiger partial charge in [-0.15, -0.1) is 5.10 Å². The van der Waals surface area contributed by atoms with Crippen molar-refractivity contribution < 1.29 is 24.5 Å². The quantitative estimate of drug-likeness (QED) is 0.215. The van der Waals surface area contributed by atoms with Crippen molar-refractivity contribution in [3.8, 4) is 5.75 Å². The van der Waals surface area contributed by atoms with E-state index < -0.39 is 17.4 Å². The smallest absolute Gasteiger partial charge is 0.264 e. The fourth-order valence-corrected chi connectivity index (χ4v) is 5.20. The Kier molecular flexibility index (Phi) is 8.98. The first-order valence-electron chi connectivity index (χ1n) is 14.2. The van der Waals surface area contributed by atoms with Crippen molar-refractivity contribution in [2.24, 2.45) is 5.92 Å². The Balaban J connectivity index is 1.30. The van der Waals surface area contributed by atoms with Gasteiger partial charge in [0.15, 0.2) is 5.60 Å². The minimum Gasteiger partial charge on any atom is -0.497 e. The third kappa shape index (κ3) is 6.35. The topological polar surface area (TPSA) is 130 Å². The van der Waals surface area contributed by atoms with Crippen LogP contribution in [0.25, 0.3) is 0 Å². The van der Waals surface area contributed by atoms with Crippen molar-refractivity contribution in [1.29, 1.82) is 0 Å². The fourth-order valence-electron chi connectivity index (χ4n) is 5.20. The van der Waals surface area contributed by atoms with Crippen LogP contribution in [-0.4, -0.2) is 50.7 Å². The summed E-state index contributed by atoms with van der Waals surface area (Å²) in [5.41, 5.74) is 2.10. The number of aromatic nitrogens is 3. The summed E-state index contributed by atoms with van der Waals surface area (Å²) in [7, 11) is 1.55. The molecule has 5 rings (SSSR count). The highest BCUT2D eigenvalue weighted by molar-refractivity contribution is 6.07. The first-order chi connectivity index (χ1) is 20.8. The number of carbonyl (C=O) groups excluding carboxylic acids is 2. The molecule has 1 aromatic heterocycles. The van der Waals surface area contributed by atoms with E-state index in [0.717, 1.165) is 11.3 Å². The average Bonchev–Trinajstić information content (AvgIpc) is 3.57. The number of methoxy groups -OCH3 is 1. The van der Waals surface area contributed by atoms with E-state index in [0.29, 0.717) is 47.6 Å². The maximum absolute atomic E-state index is 13.9. The van der Waals surface area contributed by atoms with Crippen LogP contribution in [0.2, 0.25) is 0 Å². The maximum atomic E-state index is 13.9. The SMILES string of the molecule is COc1ccc2c(c1)[C@@](O)([C@H](C)/C=C/CCn1cc(CCO)nn1)C(=O)N2Cc1ccc(NC(=O)c2ccccc2)cc1. The number of hydrogen-bond acceptors (Lipinski definition) is 7. The van der Waals surface area contributed by atoms with Gasteiger partial charge in [0, 0.05) is 48.5 Å². The standard InChI is InChI=1S/C33H35N5O5/c1-23(8-6-7-18-37-22-27(17-19-39)35-36-37)33(42)29-20-28(43-2)15-16-30(29)38(32(33)41)21-24-11-13-26(14-12-24)34-31(40)25-9-4-3-5-10-25/h3-6,8-16,20,22-23,39,42H,7,17-19,21H2,1-2H3,(H,34,40)/b8-6+/t23-,33+/m1/s1. The molecule has 2 amide bonds. The van der Waals surface area contributed by atoms with Crippen LogP contribution in [-0.2, 0) is 29.9 Å². The second kappa shape index (κ2) is 13.0. The molecular formula is C33H35N5O5. The van der Waals surface area contributed by atoms with E-state index in [4.69, 9.17) is 9.84 Å². The number of nitrogens with zero attached hydrogens (tertiary/aromatic N) is 4. The molecule has 3 N–H and O–H groups in total. The number of carbonyl (C=O) groups is 2. The number of nitrogens with one attached hydrogen (secondary N) is 1. The second-order valence-electron chi connectivity index (χ2n) is 10.5. The number of aliphatic hydroxyl groups excluding tert-OH is 1. The molecule has 10 heteroatoms. The van der Waals surface area contributed by atoms with E-state index in [9.17, 15) is 14.7 Å². The number of aryl methyl sites for hydroxylation is 1. The van der Waals surface area contributed by atoms with Gasteiger partial charge >= 0.3 is 0 Å². The number of benzene rings is 3. The van der Waals surface area contributed by atoms with Gasteiger partial charge in [-0.3, -0.25) is 14.3 Å². The molecule has 3 aromatic carbocycles. The fraction of sp³-hybridized carbons (Fsp3) is 0.273. The largest absolute Gasteiger partial charge is 0.497 e. The second-order valence-corrected chi connectivity index (χ2v) is 10.5. The lowest BCUT2D eigenvalue weighted by atomic mass is 9.83. The number of anilines is 2. The van der Waals surface area contributed by atoms with E-state index in [1.54, 1.807) is 65.4 Å². The van der Waals surface area contributed by atoms with Gasteiger partial charge in [0.2, 0.25) is 0 Å². The van der Waals surface area contributed by atoms with Crippen LogP contribution in [0.1, 0.15) is 40.5 Å². The summed E-state index contributed by atoms with van der Waals surface area (Å²) in [4.78, 5) is 28.0. The highest BCUT2D eigenvalue weighted by atomic mass is 16.5. The molecule has 10 nitrogen and oxygen atoms in total. The molecule has 2 heterocycles. The predicted octanol–water partition coefficient (Wildman–Crippen LogP) is 4.09.